The molecule has 1 heterocycles. The lowest BCUT2D eigenvalue weighted by molar-refractivity contribution is -0.134. The van der Waals surface area contributed by atoms with Crippen molar-refractivity contribution in [1.29, 1.82) is 0 Å². The number of carboxylic acid groups (broad SMARTS) is 1. The summed E-state index contributed by atoms with van der Waals surface area (Å²) in [4.78, 5) is 24.7. The Morgan fingerprint density at radius 3 is 2.00 bits per heavy atom. The van der Waals surface area contributed by atoms with E-state index in [1.165, 1.54) is 6.92 Å². The smallest absolute Gasteiger partial charge is 0.410 e. The van der Waals surface area contributed by atoms with Gasteiger partial charge in [0.2, 0.25) is 0 Å². The summed E-state index contributed by atoms with van der Waals surface area (Å²) in [6.45, 7) is 10.4. The molecule has 1 aliphatic rings. The zero-order valence-corrected chi connectivity index (χ0v) is 11.3. The van der Waals surface area contributed by atoms with Crippen molar-refractivity contribution in [2.24, 2.45) is 5.41 Å². The molecule has 1 fully saturated rings. The SMILES string of the molecule is CC(=O)C1(C(C)(C)C)COC(C)(C)N1C(=O)O. The lowest BCUT2D eigenvalue weighted by Gasteiger charge is -2.46. The van der Waals surface area contributed by atoms with Crippen LogP contribution in [-0.4, -0.2) is 39.8 Å². The molecule has 0 aromatic heterocycles. The molecule has 0 spiro atoms. The van der Waals surface area contributed by atoms with Gasteiger partial charge in [0.15, 0.2) is 5.78 Å². The van der Waals surface area contributed by atoms with E-state index in [4.69, 9.17) is 4.74 Å². The molecule has 0 saturated carbocycles. The van der Waals surface area contributed by atoms with E-state index >= 15 is 0 Å². The van der Waals surface area contributed by atoms with Crippen molar-refractivity contribution in [3.05, 3.63) is 0 Å². The van der Waals surface area contributed by atoms with Gasteiger partial charge in [-0.15, -0.1) is 0 Å². The monoisotopic (exact) mass is 243 g/mol. The van der Waals surface area contributed by atoms with Gasteiger partial charge in [-0.2, -0.15) is 0 Å². The molecular formula is C12H21NO4. The van der Waals surface area contributed by atoms with E-state index in [1.54, 1.807) is 13.8 Å². The molecule has 1 unspecified atom stereocenters. The van der Waals surface area contributed by atoms with E-state index in [-0.39, 0.29) is 12.4 Å². The second kappa shape index (κ2) is 3.70. The average molecular weight is 243 g/mol. The number of carbonyl (C=O) groups is 2. The Balaban J connectivity index is 3.43. The Labute approximate surface area is 102 Å². The molecule has 1 N–H and O–H groups in total. The van der Waals surface area contributed by atoms with Gasteiger partial charge < -0.3 is 9.84 Å². The molecule has 5 nitrogen and oxygen atoms in total. The van der Waals surface area contributed by atoms with Gasteiger partial charge >= 0.3 is 6.09 Å². The molecule has 98 valence electrons. The van der Waals surface area contributed by atoms with Crippen molar-refractivity contribution in [2.45, 2.75) is 52.8 Å². The molecule has 5 heteroatoms. The Kier molecular flexibility index (Phi) is 3.04. The number of hydrogen-bond acceptors (Lipinski definition) is 3. The van der Waals surface area contributed by atoms with Crippen LogP contribution >= 0.6 is 0 Å². The van der Waals surface area contributed by atoms with Gasteiger partial charge in [0.05, 0.1) is 6.61 Å². The van der Waals surface area contributed by atoms with Gasteiger partial charge in [0.25, 0.3) is 0 Å². The van der Waals surface area contributed by atoms with Crippen molar-refractivity contribution in [2.75, 3.05) is 6.61 Å². The number of hydrogen-bond donors (Lipinski definition) is 1. The highest BCUT2D eigenvalue weighted by atomic mass is 16.5. The van der Waals surface area contributed by atoms with Crippen LogP contribution in [0.15, 0.2) is 0 Å². The second-order valence-corrected chi connectivity index (χ2v) is 6.02. The van der Waals surface area contributed by atoms with Crippen LogP contribution in [0.3, 0.4) is 0 Å². The van der Waals surface area contributed by atoms with E-state index in [2.05, 4.69) is 0 Å². The molecule has 1 amide bonds. The van der Waals surface area contributed by atoms with Crippen molar-refractivity contribution in [3.8, 4) is 0 Å². The molecule has 0 aromatic carbocycles. The number of ether oxygens (including phenoxy) is 1. The standard InChI is InChI=1S/C12H21NO4/c1-8(14)12(10(2,3)4)7-17-11(5,6)13(12)9(15)16/h7H2,1-6H3,(H,15,16). The fourth-order valence-electron chi connectivity index (χ4n) is 2.60. The van der Waals surface area contributed by atoms with Crippen molar-refractivity contribution >= 4 is 11.9 Å². The third-order valence-electron chi connectivity index (χ3n) is 3.57. The minimum Gasteiger partial charge on any atom is -0.465 e. The van der Waals surface area contributed by atoms with E-state index in [9.17, 15) is 14.7 Å². The number of carbonyl (C=O) groups excluding carboxylic acids is 1. The average Bonchev–Trinajstić information content (AvgIpc) is 2.36. The maximum absolute atomic E-state index is 12.0. The normalized spacial score (nSPS) is 28.2. The lowest BCUT2D eigenvalue weighted by Crippen LogP contribution is -2.65. The van der Waals surface area contributed by atoms with Crippen LogP contribution in [0.25, 0.3) is 0 Å². The van der Waals surface area contributed by atoms with Crippen LogP contribution in [0.4, 0.5) is 4.79 Å². The highest BCUT2D eigenvalue weighted by Gasteiger charge is 2.62. The van der Waals surface area contributed by atoms with Crippen LogP contribution in [0.5, 0.6) is 0 Å². The van der Waals surface area contributed by atoms with Gasteiger partial charge in [0.1, 0.15) is 11.3 Å². The quantitative estimate of drug-likeness (QED) is 0.766. The number of nitrogens with zero attached hydrogens (tertiary/aromatic N) is 1. The molecular weight excluding hydrogens is 222 g/mol. The van der Waals surface area contributed by atoms with Gasteiger partial charge in [-0.1, -0.05) is 20.8 Å². The zero-order chi connectivity index (χ0) is 13.6. The van der Waals surface area contributed by atoms with E-state index in [1.807, 2.05) is 20.8 Å². The van der Waals surface area contributed by atoms with E-state index in [0.29, 0.717) is 0 Å². The van der Waals surface area contributed by atoms with E-state index in [0.717, 1.165) is 4.90 Å². The fourth-order valence-corrected chi connectivity index (χ4v) is 2.60. The van der Waals surface area contributed by atoms with Gasteiger partial charge in [0, 0.05) is 0 Å². The maximum Gasteiger partial charge on any atom is 0.410 e. The maximum atomic E-state index is 12.0. The van der Waals surface area contributed by atoms with Crippen LogP contribution < -0.4 is 0 Å². The zero-order valence-electron chi connectivity index (χ0n) is 11.3. The van der Waals surface area contributed by atoms with Gasteiger partial charge in [-0.3, -0.25) is 9.69 Å². The first-order chi connectivity index (χ1) is 7.47. The molecule has 0 bridgehead atoms. The molecule has 0 aliphatic carbocycles. The van der Waals surface area contributed by atoms with Crippen LogP contribution in [-0.2, 0) is 9.53 Å². The molecule has 0 aromatic rings. The molecule has 1 aliphatic heterocycles. The first-order valence-corrected chi connectivity index (χ1v) is 5.65. The predicted molar refractivity (Wildman–Crippen MR) is 62.8 cm³/mol. The van der Waals surface area contributed by atoms with Crippen molar-refractivity contribution in [1.82, 2.24) is 4.90 Å². The van der Waals surface area contributed by atoms with E-state index < -0.39 is 22.8 Å². The number of ketones is 1. The topological polar surface area (TPSA) is 66.8 Å². The summed E-state index contributed by atoms with van der Waals surface area (Å²) in [5, 5.41) is 9.39. The predicted octanol–water partition coefficient (Wildman–Crippen LogP) is 2.11. The third kappa shape index (κ3) is 1.82. The summed E-state index contributed by atoms with van der Waals surface area (Å²) >= 11 is 0. The highest BCUT2D eigenvalue weighted by molar-refractivity contribution is 5.91. The molecule has 0 radical (unpaired) electrons. The fraction of sp³-hybridized carbons (Fsp3) is 0.833. The highest BCUT2D eigenvalue weighted by Crippen LogP contribution is 2.46. The molecule has 1 atom stereocenters. The van der Waals surface area contributed by atoms with Gasteiger partial charge in [-0.25, -0.2) is 4.79 Å². The van der Waals surface area contributed by atoms with Crippen LogP contribution in [0.1, 0.15) is 41.5 Å². The first kappa shape index (κ1) is 14.0. The third-order valence-corrected chi connectivity index (χ3v) is 3.57. The summed E-state index contributed by atoms with van der Waals surface area (Å²) < 4.78 is 5.54. The Morgan fingerprint density at radius 1 is 1.29 bits per heavy atom. The molecule has 1 saturated heterocycles. The Hall–Kier alpha value is -1.10. The second-order valence-electron chi connectivity index (χ2n) is 6.02. The summed E-state index contributed by atoms with van der Waals surface area (Å²) in [5.41, 5.74) is -2.63. The Bertz CT molecular complexity index is 356. The summed E-state index contributed by atoms with van der Waals surface area (Å²) in [5.74, 6) is -0.182. The summed E-state index contributed by atoms with van der Waals surface area (Å²) in [6, 6.07) is 0. The van der Waals surface area contributed by atoms with Gasteiger partial charge in [-0.05, 0) is 26.2 Å². The molecule has 1 rings (SSSR count). The Morgan fingerprint density at radius 2 is 1.76 bits per heavy atom. The summed E-state index contributed by atoms with van der Waals surface area (Å²) in [7, 11) is 0. The number of rotatable bonds is 1. The number of amides is 1. The lowest BCUT2D eigenvalue weighted by atomic mass is 9.70. The van der Waals surface area contributed by atoms with Crippen LogP contribution in [0, 0.1) is 5.41 Å². The molecule has 17 heavy (non-hydrogen) atoms. The summed E-state index contributed by atoms with van der Waals surface area (Å²) in [6.07, 6.45) is -1.13. The first-order valence-electron chi connectivity index (χ1n) is 5.65. The van der Waals surface area contributed by atoms with Crippen molar-refractivity contribution in [3.63, 3.8) is 0 Å². The minimum atomic E-state index is -1.13. The minimum absolute atomic E-state index is 0.102. The van der Waals surface area contributed by atoms with Crippen molar-refractivity contribution < 1.29 is 19.4 Å². The number of Topliss-reactive ketones (excluding diaryl/α,β-unsaturated/α-hetero) is 1. The van der Waals surface area contributed by atoms with Crippen LogP contribution in [0.2, 0.25) is 0 Å². The largest absolute Gasteiger partial charge is 0.465 e.